The molecule has 0 aliphatic rings. The molecule has 0 saturated heterocycles. The summed E-state index contributed by atoms with van der Waals surface area (Å²) in [5.74, 6) is -1.20. The Hall–Kier alpha value is -1.18. The van der Waals surface area contributed by atoms with Gasteiger partial charge in [-0.05, 0) is 0 Å². The van der Waals surface area contributed by atoms with Crippen molar-refractivity contribution in [3.8, 4) is 0 Å². The predicted molar refractivity (Wildman–Crippen MR) is 59.0 cm³/mol. The molecule has 0 radical (unpaired) electrons. The molecule has 8 heteroatoms. The second-order valence-corrected chi connectivity index (χ2v) is 3.66. The Morgan fingerprint density at radius 2 is 2.12 bits per heavy atom. The van der Waals surface area contributed by atoms with Crippen molar-refractivity contribution in [1.82, 2.24) is 9.55 Å². The van der Waals surface area contributed by atoms with Gasteiger partial charge in [-0.3, -0.25) is 14.3 Å². The molecule has 96 valence electrons. The maximum absolute atomic E-state index is 13.2. The van der Waals surface area contributed by atoms with Gasteiger partial charge in [0, 0.05) is 14.2 Å². The van der Waals surface area contributed by atoms with E-state index in [-0.39, 0.29) is 13.2 Å². The number of hydrogen-bond donors (Lipinski definition) is 1. The molecule has 0 spiro atoms. The number of hydrogen-bond acceptors (Lipinski definition) is 4. The third kappa shape index (κ3) is 3.15. The van der Waals surface area contributed by atoms with E-state index < -0.39 is 28.3 Å². The first kappa shape index (κ1) is 13.9. The van der Waals surface area contributed by atoms with Gasteiger partial charge < -0.3 is 9.47 Å². The third-order valence-electron chi connectivity index (χ3n) is 2.16. The summed E-state index contributed by atoms with van der Waals surface area (Å²) in [5.41, 5.74) is -1.88. The van der Waals surface area contributed by atoms with E-state index in [1.807, 2.05) is 4.98 Å². The van der Waals surface area contributed by atoms with Gasteiger partial charge in [-0.25, -0.2) is 4.79 Å². The Labute approximate surface area is 101 Å². The molecule has 0 fully saturated rings. The summed E-state index contributed by atoms with van der Waals surface area (Å²) < 4.78 is 23.7. The molecule has 1 aromatic heterocycles. The van der Waals surface area contributed by atoms with E-state index in [9.17, 15) is 14.0 Å². The lowest BCUT2D eigenvalue weighted by molar-refractivity contribution is 0.0168. The highest BCUT2D eigenvalue weighted by atomic mass is 35.5. The molecule has 0 amide bonds. The van der Waals surface area contributed by atoms with Crippen molar-refractivity contribution in [2.24, 2.45) is 0 Å². The van der Waals surface area contributed by atoms with Crippen molar-refractivity contribution in [3.63, 3.8) is 0 Å². The average Bonchev–Trinajstić information content (AvgIpc) is 2.30. The SMILES string of the molecule is COCC(Cn1c(=O)[nH]c(Cl)c(F)c1=O)OC. The molecular weight excluding hydrogens is 255 g/mol. The summed E-state index contributed by atoms with van der Waals surface area (Å²) in [5, 5.41) is -0.600. The quantitative estimate of drug-likeness (QED) is 0.761. The van der Waals surface area contributed by atoms with Gasteiger partial charge in [0.25, 0.3) is 5.56 Å². The summed E-state index contributed by atoms with van der Waals surface area (Å²) >= 11 is 5.32. The lowest BCUT2D eigenvalue weighted by atomic mass is 10.3. The Balaban J connectivity index is 3.11. The Kier molecular flexibility index (Phi) is 4.86. The number of rotatable bonds is 5. The highest BCUT2D eigenvalue weighted by Gasteiger charge is 2.16. The first-order chi connectivity index (χ1) is 8.01. The second kappa shape index (κ2) is 5.95. The summed E-state index contributed by atoms with van der Waals surface area (Å²) in [4.78, 5) is 24.9. The van der Waals surface area contributed by atoms with Crippen LogP contribution in [0.1, 0.15) is 0 Å². The minimum Gasteiger partial charge on any atom is -0.382 e. The highest BCUT2D eigenvalue weighted by molar-refractivity contribution is 6.29. The van der Waals surface area contributed by atoms with Crippen LogP contribution >= 0.6 is 11.6 Å². The molecule has 0 saturated carbocycles. The van der Waals surface area contributed by atoms with Gasteiger partial charge in [0.2, 0.25) is 5.82 Å². The number of aromatic amines is 1. The first-order valence-electron chi connectivity index (χ1n) is 4.71. The predicted octanol–water partition coefficient (Wildman–Crippen LogP) is -0.00950. The standard InChI is InChI=1S/C9H12ClFN2O4/c1-16-4-5(17-2)3-13-8(14)6(11)7(10)12-9(13)15/h5H,3-4H2,1-2H3,(H,12,15). The van der Waals surface area contributed by atoms with Gasteiger partial charge in [-0.15, -0.1) is 0 Å². The molecule has 1 rings (SSSR count). The van der Waals surface area contributed by atoms with Gasteiger partial charge in [0.1, 0.15) is 0 Å². The maximum Gasteiger partial charge on any atom is 0.329 e. The molecule has 1 atom stereocenters. The summed E-state index contributed by atoms with van der Waals surface area (Å²) in [7, 11) is 2.84. The molecule has 0 bridgehead atoms. The van der Waals surface area contributed by atoms with Crippen LogP contribution in [0.4, 0.5) is 4.39 Å². The van der Waals surface area contributed by atoms with Crippen LogP contribution in [0, 0.1) is 5.82 Å². The fourth-order valence-electron chi connectivity index (χ4n) is 1.27. The topological polar surface area (TPSA) is 73.3 Å². The molecule has 1 heterocycles. The lowest BCUT2D eigenvalue weighted by Gasteiger charge is -2.14. The van der Waals surface area contributed by atoms with Crippen LogP contribution in [-0.2, 0) is 16.0 Å². The Bertz CT molecular complexity index is 499. The number of aromatic nitrogens is 2. The van der Waals surface area contributed by atoms with Gasteiger partial charge in [0.05, 0.1) is 19.3 Å². The first-order valence-corrected chi connectivity index (χ1v) is 5.08. The van der Waals surface area contributed by atoms with Crippen molar-refractivity contribution in [2.75, 3.05) is 20.8 Å². The van der Waals surface area contributed by atoms with Gasteiger partial charge in [-0.2, -0.15) is 4.39 Å². The van der Waals surface area contributed by atoms with E-state index in [0.29, 0.717) is 4.57 Å². The monoisotopic (exact) mass is 266 g/mol. The summed E-state index contributed by atoms with van der Waals surface area (Å²) in [6.45, 7) is 0.0548. The molecule has 0 aromatic carbocycles. The van der Waals surface area contributed by atoms with Gasteiger partial charge in [0.15, 0.2) is 5.15 Å². The normalized spacial score (nSPS) is 12.7. The van der Waals surface area contributed by atoms with Crippen LogP contribution in [0.5, 0.6) is 0 Å². The zero-order chi connectivity index (χ0) is 13.0. The van der Waals surface area contributed by atoms with Crippen molar-refractivity contribution >= 4 is 11.6 Å². The average molecular weight is 267 g/mol. The largest absolute Gasteiger partial charge is 0.382 e. The minimum atomic E-state index is -1.20. The van der Waals surface area contributed by atoms with Crippen molar-refractivity contribution in [1.29, 1.82) is 0 Å². The van der Waals surface area contributed by atoms with Crippen LogP contribution in [0.3, 0.4) is 0 Å². The minimum absolute atomic E-state index is 0.118. The Morgan fingerprint density at radius 3 is 2.65 bits per heavy atom. The summed E-state index contributed by atoms with van der Waals surface area (Å²) in [6, 6.07) is 0. The molecule has 6 nitrogen and oxygen atoms in total. The van der Waals surface area contributed by atoms with Crippen molar-refractivity contribution in [3.05, 3.63) is 31.8 Å². The lowest BCUT2D eigenvalue weighted by Crippen LogP contribution is -2.41. The smallest absolute Gasteiger partial charge is 0.329 e. The zero-order valence-electron chi connectivity index (χ0n) is 9.33. The number of halogens is 2. The number of nitrogens with one attached hydrogen (secondary N) is 1. The third-order valence-corrected chi connectivity index (χ3v) is 2.42. The van der Waals surface area contributed by atoms with Crippen LogP contribution in [0.25, 0.3) is 0 Å². The van der Waals surface area contributed by atoms with E-state index in [2.05, 4.69) is 0 Å². The van der Waals surface area contributed by atoms with Gasteiger partial charge in [-0.1, -0.05) is 11.6 Å². The molecule has 17 heavy (non-hydrogen) atoms. The molecule has 0 aliphatic heterocycles. The van der Waals surface area contributed by atoms with Crippen molar-refractivity contribution in [2.45, 2.75) is 12.6 Å². The van der Waals surface area contributed by atoms with E-state index in [4.69, 9.17) is 21.1 Å². The van der Waals surface area contributed by atoms with Crippen LogP contribution in [0.15, 0.2) is 9.59 Å². The van der Waals surface area contributed by atoms with Crippen molar-refractivity contribution < 1.29 is 13.9 Å². The van der Waals surface area contributed by atoms with Crippen LogP contribution in [0.2, 0.25) is 5.15 Å². The number of methoxy groups -OCH3 is 2. The van der Waals surface area contributed by atoms with Gasteiger partial charge >= 0.3 is 5.69 Å². The fraction of sp³-hybridized carbons (Fsp3) is 0.556. The second-order valence-electron chi connectivity index (χ2n) is 3.29. The van der Waals surface area contributed by atoms with E-state index in [1.54, 1.807) is 0 Å². The molecular formula is C9H12ClFN2O4. The van der Waals surface area contributed by atoms with E-state index >= 15 is 0 Å². The zero-order valence-corrected chi connectivity index (χ0v) is 10.1. The Morgan fingerprint density at radius 1 is 1.47 bits per heavy atom. The maximum atomic E-state index is 13.2. The molecule has 1 aromatic rings. The molecule has 1 N–H and O–H groups in total. The molecule has 1 unspecified atom stereocenters. The fourth-order valence-corrected chi connectivity index (χ4v) is 1.43. The van der Waals surface area contributed by atoms with E-state index in [1.165, 1.54) is 14.2 Å². The highest BCUT2D eigenvalue weighted by Crippen LogP contribution is 2.02. The number of H-pyrrole nitrogens is 1. The number of nitrogens with zero attached hydrogens (tertiary/aromatic N) is 1. The molecule has 0 aliphatic carbocycles. The van der Waals surface area contributed by atoms with Crippen LogP contribution in [-0.4, -0.2) is 36.5 Å². The van der Waals surface area contributed by atoms with E-state index in [0.717, 1.165) is 0 Å². The number of ether oxygens (including phenoxy) is 2. The van der Waals surface area contributed by atoms with Crippen LogP contribution < -0.4 is 11.2 Å². The summed E-state index contributed by atoms with van der Waals surface area (Å²) in [6.07, 6.45) is -0.528.